The van der Waals surface area contributed by atoms with Crippen molar-refractivity contribution in [2.75, 3.05) is 19.6 Å². The molecule has 2 heterocycles. The molecule has 0 unspecified atom stereocenters. The lowest BCUT2D eigenvalue weighted by molar-refractivity contribution is -0.137. The van der Waals surface area contributed by atoms with E-state index in [-0.39, 0.29) is 11.4 Å². The number of nitrogens with one attached hydrogen (secondary N) is 2. The van der Waals surface area contributed by atoms with Crippen molar-refractivity contribution in [1.82, 2.24) is 15.2 Å². The molecule has 1 aromatic heterocycles. The molecule has 0 aromatic carbocycles. The van der Waals surface area contributed by atoms with E-state index in [0.717, 1.165) is 26.1 Å². The van der Waals surface area contributed by atoms with Gasteiger partial charge in [0.1, 0.15) is 0 Å². The molecule has 0 bridgehead atoms. The van der Waals surface area contributed by atoms with E-state index in [0.29, 0.717) is 6.42 Å². The van der Waals surface area contributed by atoms with Crippen LogP contribution in [0.3, 0.4) is 0 Å². The molecule has 1 fully saturated rings. The van der Waals surface area contributed by atoms with E-state index in [1.165, 1.54) is 5.56 Å². The number of hydrogen-bond donors (Lipinski definition) is 2. The fraction of sp³-hybridized carbons (Fsp3) is 0.615. The molecule has 1 saturated heterocycles. The topological polar surface area (TPSA) is 48.1 Å². The number of aromatic nitrogens is 1. The summed E-state index contributed by atoms with van der Waals surface area (Å²) in [6.45, 7) is 6.84. The van der Waals surface area contributed by atoms with Crippen LogP contribution in [-0.4, -0.2) is 41.0 Å². The lowest BCUT2D eigenvalue weighted by Crippen LogP contribution is -2.59. The summed E-state index contributed by atoms with van der Waals surface area (Å²) in [5.41, 5.74) is 1.14. The molecular weight excluding hydrogens is 214 g/mol. The van der Waals surface area contributed by atoms with Crippen LogP contribution >= 0.6 is 0 Å². The van der Waals surface area contributed by atoms with Crippen molar-refractivity contribution in [1.29, 1.82) is 0 Å². The lowest BCUT2D eigenvalue weighted by Gasteiger charge is -2.43. The van der Waals surface area contributed by atoms with E-state index in [2.05, 4.69) is 24.1 Å². The van der Waals surface area contributed by atoms with Gasteiger partial charge in [0, 0.05) is 44.0 Å². The number of carbonyl (C=O) groups excluding carboxylic acids is 1. The highest BCUT2D eigenvalue weighted by molar-refractivity contribution is 5.77. The van der Waals surface area contributed by atoms with E-state index < -0.39 is 0 Å². The number of amides is 1. The summed E-state index contributed by atoms with van der Waals surface area (Å²) in [5.74, 6) is 0.262. The number of aromatic amines is 1. The largest absolute Gasteiger partial charge is 0.367 e. The van der Waals surface area contributed by atoms with Gasteiger partial charge in [-0.2, -0.15) is 0 Å². The molecule has 0 spiro atoms. The maximum atomic E-state index is 12.2. The lowest BCUT2D eigenvalue weighted by atomic mass is 9.99. The molecule has 0 atom stereocenters. The zero-order valence-electron chi connectivity index (χ0n) is 10.6. The molecule has 2 N–H and O–H groups in total. The predicted octanol–water partition coefficient (Wildman–Crippen LogP) is 1.16. The average Bonchev–Trinajstić information content (AvgIpc) is 2.78. The van der Waals surface area contributed by atoms with Crippen LogP contribution in [0.15, 0.2) is 18.5 Å². The van der Waals surface area contributed by atoms with Gasteiger partial charge in [0.25, 0.3) is 0 Å². The van der Waals surface area contributed by atoms with Gasteiger partial charge in [-0.3, -0.25) is 4.79 Å². The van der Waals surface area contributed by atoms with Gasteiger partial charge in [-0.05, 0) is 31.9 Å². The van der Waals surface area contributed by atoms with Crippen molar-refractivity contribution in [3.05, 3.63) is 24.0 Å². The molecule has 17 heavy (non-hydrogen) atoms. The summed E-state index contributed by atoms with van der Waals surface area (Å²) in [7, 11) is 0. The SMILES string of the molecule is CC1(C)CNCCN1C(=O)CCc1cc[nH]c1. The number of aryl methyl sites for hydroxylation is 1. The average molecular weight is 235 g/mol. The Labute approximate surface area is 102 Å². The second-order valence-electron chi connectivity index (χ2n) is 5.25. The minimum atomic E-state index is -0.0620. The fourth-order valence-electron chi connectivity index (χ4n) is 2.35. The van der Waals surface area contributed by atoms with Crippen LogP contribution < -0.4 is 5.32 Å². The highest BCUT2D eigenvalue weighted by Crippen LogP contribution is 2.18. The summed E-state index contributed by atoms with van der Waals surface area (Å²) in [4.78, 5) is 17.2. The minimum absolute atomic E-state index is 0.0620. The number of rotatable bonds is 3. The van der Waals surface area contributed by atoms with E-state index in [1.54, 1.807) is 0 Å². The first-order chi connectivity index (χ1) is 8.09. The Morgan fingerprint density at radius 2 is 2.35 bits per heavy atom. The molecule has 1 aliphatic heterocycles. The van der Waals surface area contributed by atoms with Crippen LogP contribution in [0.1, 0.15) is 25.8 Å². The molecule has 0 saturated carbocycles. The Balaban J connectivity index is 1.90. The maximum Gasteiger partial charge on any atom is 0.223 e. The second-order valence-corrected chi connectivity index (χ2v) is 5.25. The number of carbonyl (C=O) groups is 1. The molecule has 1 aliphatic rings. The van der Waals surface area contributed by atoms with Gasteiger partial charge < -0.3 is 15.2 Å². The summed E-state index contributed by atoms with van der Waals surface area (Å²) in [6.07, 6.45) is 5.27. The maximum absolute atomic E-state index is 12.2. The number of H-pyrrole nitrogens is 1. The van der Waals surface area contributed by atoms with Gasteiger partial charge in [0.15, 0.2) is 0 Å². The van der Waals surface area contributed by atoms with E-state index in [1.807, 2.05) is 23.4 Å². The van der Waals surface area contributed by atoms with Gasteiger partial charge in [-0.15, -0.1) is 0 Å². The number of nitrogens with zero attached hydrogens (tertiary/aromatic N) is 1. The zero-order valence-corrected chi connectivity index (χ0v) is 10.6. The molecule has 1 aromatic rings. The third kappa shape index (κ3) is 2.88. The van der Waals surface area contributed by atoms with Gasteiger partial charge in [0.2, 0.25) is 5.91 Å². The van der Waals surface area contributed by atoms with Crippen molar-refractivity contribution in [3.8, 4) is 0 Å². The van der Waals surface area contributed by atoms with Crippen molar-refractivity contribution in [3.63, 3.8) is 0 Å². The third-order valence-corrected chi connectivity index (χ3v) is 3.39. The van der Waals surface area contributed by atoms with Crippen LogP contribution in [0.25, 0.3) is 0 Å². The van der Waals surface area contributed by atoms with Crippen molar-refractivity contribution in [2.45, 2.75) is 32.2 Å². The Hall–Kier alpha value is -1.29. The molecule has 4 nitrogen and oxygen atoms in total. The molecule has 94 valence electrons. The molecule has 0 aliphatic carbocycles. The van der Waals surface area contributed by atoms with E-state index >= 15 is 0 Å². The second kappa shape index (κ2) is 4.92. The summed E-state index contributed by atoms with van der Waals surface area (Å²) < 4.78 is 0. The molecule has 4 heteroatoms. The zero-order chi connectivity index (χ0) is 12.3. The summed E-state index contributed by atoms with van der Waals surface area (Å²) in [6, 6.07) is 2.02. The Bertz CT molecular complexity index is 370. The normalized spacial score (nSPS) is 19.3. The van der Waals surface area contributed by atoms with Crippen molar-refractivity contribution in [2.24, 2.45) is 0 Å². The van der Waals surface area contributed by atoms with E-state index in [4.69, 9.17) is 0 Å². The molecular formula is C13H21N3O. The van der Waals surface area contributed by atoms with Crippen LogP contribution in [0.2, 0.25) is 0 Å². The van der Waals surface area contributed by atoms with Crippen molar-refractivity contribution < 1.29 is 4.79 Å². The monoisotopic (exact) mass is 235 g/mol. The van der Waals surface area contributed by atoms with Gasteiger partial charge >= 0.3 is 0 Å². The van der Waals surface area contributed by atoms with Crippen LogP contribution in [-0.2, 0) is 11.2 Å². The quantitative estimate of drug-likeness (QED) is 0.826. The van der Waals surface area contributed by atoms with Crippen LogP contribution in [0.5, 0.6) is 0 Å². The standard InChI is InChI=1S/C13H21N3O/c1-13(2)10-15-7-8-16(13)12(17)4-3-11-5-6-14-9-11/h5-6,9,14-15H,3-4,7-8,10H2,1-2H3. The van der Waals surface area contributed by atoms with Gasteiger partial charge in [-0.1, -0.05) is 0 Å². The highest BCUT2D eigenvalue weighted by Gasteiger charge is 2.32. The van der Waals surface area contributed by atoms with Gasteiger partial charge in [-0.25, -0.2) is 0 Å². The smallest absolute Gasteiger partial charge is 0.223 e. The van der Waals surface area contributed by atoms with Crippen molar-refractivity contribution >= 4 is 5.91 Å². The van der Waals surface area contributed by atoms with E-state index in [9.17, 15) is 4.79 Å². The van der Waals surface area contributed by atoms with Crippen LogP contribution in [0, 0.1) is 0 Å². The minimum Gasteiger partial charge on any atom is -0.367 e. The first-order valence-corrected chi connectivity index (χ1v) is 6.22. The number of hydrogen-bond acceptors (Lipinski definition) is 2. The van der Waals surface area contributed by atoms with Gasteiger partial charge in [0.05, 0.1) is 0 Å². The predicted molar refractivity (Wildman–Crippen MR) is 67.8 cm³/mol. The highest BCUT2D eigenvalue weighted by atomic mass is 16.2. The summed E-state index contributed by atoms with van der Waals surface area (Å²) >= 11 is 0. The summed E-state index contributed by atoms with van der Waals surface area (Å²) in [5, 5.41) is 3.33. The first-order valence-electron chi connectivity index (χ1n) is 6.22. The Morgan fingerprint density at radius 3 is 3.00 bits per heavy atom. The first kappa shape index (κ1) is 12.2. The number of piperazine rings is 1. The third-order valence-electron chi connectivity index (χ3n) is 3.39. The fourth-order valence-corrected chi connectivity index (χ4v) is 2.35. The molecule has 1 amide bonds. The van der Waals surface area contributed by atoms with Crippen LogP contribution in [0.4, 0.5) is 0 Å². The molecule has 2 rings (SSSR count). The Morgan fingerprint density at radius 1 is 1.53 bits per heavy atom. The Kier molecular flexibility index (Phi) is 3.52. The molecule has 0 radical (unpaired) electrons.